The molecule has 0 unspecified atom stereocenters. The summed E-state index contributed by atoms with van der Waals surface area (Å²) in [6.45, 7) is 4.06. The third-order valence-electron chi connectivity index (χ3n) is 7.55. The lowest BCUT2D eigenvalue weighted by Gasteiger charge is -2.45. The molecule has 2 N–H and O–H groups in total. The van der Waals surface area contributed by atoms with Crippen LogP contribution in [0, 0.1) is 11.8 Å². The van der Waals surface area contributed by atoms with Crippen LogP contribution in [-0.2, 0) is 27.2 Å². The number of piperazine rings is 1. The number of rotatable bonds is 6. The summed E-state index contributed by atoms with van der Waals surface area (Å²) in [5.41, 5.74) is 4.03. The molecule has 1 aliphatic carbocycles. The van der Waals surface area contributed by atoms with Crippen molar-refractivity contribution < 1.29 is 14.4 Å². The summed E-state index contributed by atoms with van der Waals surface area (Å²) >= 11 is 0. The summed E-state index contributed by atoms with van der Waals surface area (Å²) < 4.78 is 0. The van der Waals surface area contributed by atoms with Crippen molar-refractivity contribution in [3.63, 3.8) is 0 Å². The SMILES string of the molecule is CC(C)C[C@@H]1C(=O)N[C@H](C2Cc3ccccc3C2)C(=O)N1[C@@H](C(=O)N(C)C)c1ccc2cc[nH]c2c1. The molecule has 3 atom stereocenters. The van der Waals surface area contributed by atoms with Gasteiger partial charge in [-0.25, -0.2) is 0 Å². The van der Waals surface area contributed by atoms with E-state index < -0.39 is 18.1 Å². The van der Waals surface area contributed by atoms with Crippen LogP contribution in [0.15, 0.2) is 54.7 Å². The minimum absolute atomic E-state index is 0.0395. The Kier molecular flexibility index (Phi) is 6.33. The van der Waals surface area contributed by atoms with Gasteiger partial charge in [-0.05, 0) is 65.3 Å². The van der Waals surface area contributed by atoms with E-state index in [1.54, 1.807) is 19.0 Å². The summed E-state index contributed by atoms with van der Waals surface area (Å²) in [5.74, 6) is -0.440. The molecule has 7 nitrogen and oxygen atoms in total. The number of fused-ring (bicyclic) bond motifs is 2. The Labute approximate surface area is 211 Å². The van der Waals surface area contributed by atoms with Crippen LogP contribution in [0.2, 0.25) is 0 Å². The zero-order valence-electron chi connectivity index (χ0n) is 21.3. The van der Waals surface area contributed by atoms with E-state index >= 15 is 0 Å². The number of hydrogen-bond acceptors (Lipinski definition) is 3. The first-order valence-corrected chi connectivity index (χ1v) is 12.7. The standard InChI is InChI=1S/C29H34N4O3/c1-17(2)13-24-27(34)31-25(22-14-19-7-5-6-8-20(19)15-22)28(35)33(24)26(29(36)32(3)4)21-10-9-18-11-12-30-23(18)16-21/h5-12,16-17,22,24-26,30H,13-15H2,1-4H3,(H,31,34)/t24-,25-,26-/m1/s1. The van der Waals surface area contributed by atoms with Gasteiger partial charge in [-0.3, -0.25) is 14.4 Å². The van der Waals surface area contributed by atoms with Crippen molar-refractivity contribution in [1.82, 2.24) is 20.1 Å². The van der Waals surface area contributed by atoms with E-state index in [1.807, 2.05) is 56.4 Å². The number of nitrogens with zero attached hydrogens (tertiary/aromatic N) is 2. The zero-order chi connectivity index (χ0) is 25.6. The second-order valence-corrected chi connectivity index (χ2v) is 10.8. The van der Waals surface area contributed by atoms with Crippen LogP contribution >= 0.6 is 0 Å². The summed E-state index contributed by atoms with van der Waals surface area (Å²) in [7, 11) is 3.39. The van der Waals surface area contributed by atoms with Gasteiger partial charge < -0.3 is 20.1 Å². The third kappa shape index (κ3) is 4.27. The lowest BCUT2D eigenvalue weighted by atomic mass is 9.87. The van der Waals surface area contributed by atoms with Crippen molar-refractivity contribution in [3.05, 3.63) is 71.4 Å². The molecule has 3 aromatic rings. The van der Waals surface area contributed by atoms with Crippen molar-refractivity contribution in [2.45, 2.75) is 51.2 Å². The van der Waals surface area contributed by atoms with Crippen molar-refractivity contribution in [3.8, 4) is 0 Å². The minimum Gasteiger partial charge on any atom is -0.361 e. The highest BCUT2D eigenvalue weighted by atomic mass is 16.2. The Balaban J connectivity index is 1.57. The Morgan fingerprint density at radius 1 is 1.06 bits per heavy atom. The molecule has 7 heteroatoms. The molecule has 5 rings (SSSR count). The van der Waals surface area contributed by atoms with Gasteiger partial charge in [-0.1, -0.05) is 50.2 Å². The van der Waals surface area contributed by atoms with Crippen LogP contribution in [0.25, 0.3) is 10.9 Å². The smallest absolute Gasteiger partial charge is 0.249 e. The first-order valence-electron chi connectivity index (χ1n) is 12.7. The fourth-order valence-corrected chi connectivity index (χ4v) is 5.78. The zero-order valence-corrected chi connectivity index (χ0v) is 21.3. The molecule has 1 fully saturated rings. The number of aromatic nitrogens is 1. The number of nitrogens with one attached hydrogen (secondary N) is 2. The molecular formula is C29H34N4O3. The maximum Gasteiger partial charge on any atom is 0.249 e. The van der Waals surface area contributed by atoms with E-state index in [2.05, 4.69) is 22.4 Å². The summed E-state index contributed by atoms with van der Waals surface area (Å²) in [5, 5.41) is 4.09. The Morgan fingerprint density at radius 3 is 2.39 bits per heavy atom. The Hall–Kier alpha value is -3.61. The molecule has 2 aliphatic rings. The average Bonchev–Trinajstić information content (AvgIpc) is 3.49. The number of carbonyl (C=O) groups excluding carboxylic acids is 3. The Bertz CT molecular complexity index is 1290. The molecule has 2 heterocycles. The van der Waals surface area contributed by atoms with Crippen molar-refractivity contribution in [2.75, 3.05) is 14.1 Å². The highest BCUT2D eigenvalue weighted by Crippen LogP contribution is 2.36. The van der Waals surface area contributed by atoms with E-state index in [4.69, 9.17) is 0 Å². The van der Waals surface area contributed by atoms with Gasteiger partial charge in [-0.15, -0.1) is 0 Å². The van der Waals surface area contributed by atoms with Gasteiger partial charge in [0.1, 0.15) is 18.1 Å². The van der Waals surface area contributed by atoms with Crippen LogP contribution in [0.5, 0.6) is 0 Å². The molecule has 0 spiro atoms. The van der Waals surface area contributed by atoms with Crippen LogP contribution in [-0.4, -0.2) is 58.7 Å². The normalized spacial score (nSPS) is 21.1. The summed E-state index contributed by atoms with van der Waals surface area (Å²) in [6, 6.07) is 13.7. The molecule has 36 heavy (non-hydrogen) atoms. The summed E-state index contributed by atoms with van der Waals surface area (Å²) in [4.78, 5) is 47.9. The molecule has 1 aromatic heterocycles. The molecule has 1 saturated heterocycles. The van der Waals surface area contributed by atoms with Crippen LogP contribution in [0.1, 0.15) is 43.0 Å². The minimum atomic E-state index is -0.888. The van der Waals surface area contributed by atoms with Gasteiger partial charge in [0.2, 0.25) is 17.7 Å². The van der Waals surface area contributed by atoms with Gasteiger partial charge in [0.25, 0.3) is 0 Å². The van der Waals surface area contributed by atoms with Crippen molar-refractivity contribution in [1.29, 1.82) is 0 Å². The largest absolute Gasteiger partial charge is 0.361 e. The van der Waals surface area contributed by atoms with E-state index in [1.165, 1.54) is 16.0 Å². The van der Waals surface area contributed by atoms with Crippen LogP contribution < -0.4 is 5.32 Å². The molecule has 0 bridgehead atoms. The van der Waals surface area contributed by atoms with Gasteiger partial charge in [0, 0.05) is 25.8 Å². The monoisotopic (exact) mass is 486 g/mol. The van der Waals surface area contributed by atoms with Gasteiger partial charge in [-0.2, -0.15) is 0 Å². The topological polar surface area (TPSA) is 85.5 Å². The second kappa shape index (κ2) is 9.45. The fraction of sp³-hybridized carbons (Fsp3) is 0.414. The van der Waals surface area contributed by atoms with E-state index in [-0.39, 0.29) is 29.6 Å². The second-order valence-electron chi connectivity index (χ2n) is 10.8. The quantitative estimate of drug-likeness (QED) is 0.560. The number of aromatic amines is 1. The lowest BCUT2D eigenvalue weighted by molar-refractivity contribution is -0.159. The molecule has 0 radical (unpaired) electrons. The molecule has 0 saturated carbocycles. The van der Waals surface area contributed by atoms with Gasteiger partial charge in [0.15, 0.2) is 0 Å². The first kappa shape index (κ1) is 24.1. The van der Waals surface area contributed by atoms with Crippen molar-refractivity contribution in [2.24, 2.45) is 11.8 Å². The molecule has 2 aromatic carbocycles. The van der Waals surface area contributed by atoms with E-state index in [0.717, 1.165) is 23.7 Å². The highest BCUT2D eigenvalue weighted by Gasteiger charge is 2.49. The Morgan fingerprint density at radius 2 is 1.75 bits per heavy atom. The van der Waals surface area contributed by atoms with Crippen molar-refractivity contribution >= 4 is 28.6 Å². The summed E-state index contributed by atoms with van der Waals surface area (Å²) in [6.07, 6.45) is 3.80. The predicted molar refractivity (Wildman–Crippen MR) is 139 cm³/mol. The lowest BCUT2D eigenvalue weighted by Crippen LogP contribution is -2.67. The molecule has 188 valence electrons. The molecule has 3 amide bonds. The maximum absolute atomic E-state index is 14.3. The third-order valence-corrected chi connectivity index (χ3v) is 7.55. The number of carbonyl (C=O) groups is 3. The maximum atomic E-state index is 14.3. The average molecular weight is 487 g/mol. The number of hydrogen-bond donors (Lipinski definition) is 2. The van der Waals surface area contributed by atoms with E-state index in [0.29, 0.717) is 12.0 Å². The van der Waals surface area contributed by atoms with Crippen LogP contribution in [0.3, 0.4) is 0 Å². The van der Waals surface area contributed by atoms with Crippen LogP contribution in [0.4, 0.5) is 0 Å². The fourth-order valence-electron chi connectivity index (χ4n) is 5.78. The van der Waals surface area contributed by atoms with E-state index in [9.17, 15) is 14.4 Å². The number of benzene rings is 2. The predicted octanol–water partition coefficient (Wildman–Crippen LogP) is 3.45. The van der Waals surface area contributed by atoms with Gasteiger partial charge >= 0.3 is 0 Å². The van der Waals surface area contributed by atoms with Gasteiger partial charge in [0.05, 0.1) is 0 Å². The number of amides is 3. The number of likely N-dealkylation sites (N-methyl/N-ethyl adjacent to an activating group) is 1. The molecule has 1 aliphatic heterocycles. The first-order chi connectivity index (χ1) is 17.2. The number of H-pyrrole nitrogens is 1. The highest BCUT2D eigenvalue weighted by molar-refractivity contribution is 6.00. The molecular weight excluding hydrogens is 452 g/mol.